The van der Waals surface area contributed by atoms with Crippen LogP contribution in [0.1, 0.15) is 86.7 Å². The maximum atomic E-state index is 5.17. The van der Waals surface area contributed by atoms with Gasteiger partial charge in [-0.05, 0) is 65.6 Å². The smallest absolute Gasteiger partial charge is 0.170 e. The molecule has 6 aromatic rings. The first-order valence-corrected chi connectivity index (χ1v) is 15.4. The summed E-state index contributed by atoms with van der Waals surface area (Å²) in [5, 5.41) is 2.53. The van der Waals surface area contributed by atoms with E-state index in [0.717, 1.165) is 54.8 Å². The van der Waals surface area contributed by atoms with E-state index in [9.17, 15) is 0 Å². The van der Waals surface area contributed by atoms with E-state index >= 15 is 0 Å². The van der Waals surface area contributed by atoms with Gasteiger partial charge in [-0.3, -0.25) is 0 Å². The summed E-state index contributed by atoms with van der Waals surface area (Å²) in [5.74, 6) is 2.64. The molecule has 6 heteroatoms. The topological polar surface area (TPSA) is 51.6 Å². The third-order valence-corrected chi connectivity index (χ3v) is 9.77. The normalized spacial score (nSPS) is 12.3. The van der Waals surface area contributed by atoms with Crippen LogP contribution in [-0.2, 0) is 0 Å². The lowest BCUT2D eigenvalue weighted by molar-refractivity contribution is 0.833. The average Bonchev–Trinajstić information content (AvgIpc) is 3.45. The molecule has 4 aromatic heterocycles. The molecule has 6 rings (SSSR count). The zero-order chi connectivity index (χ0) is 27.6. The minimum absolute atomic E-state index is 0.266. The lowest BCUT2D eigenvalue weighted by Crippen LogP contribution is -1.99. The summed E-state index contributed by atoms with van der Waals surface area (Å²) in [6.45, 7) is 17.6. The molecule has 0 spiro atoms. The molecule has 0 fully saturated rings. The summed E-state index contributed by atoms with van der Waals surface area (Å²) in [4.78, 5) is 22.8. The van der Waals surface area contributed by atoms with Gasteiger partial charge < -0.3 is 0 Å². The number of thiophene rings is 2. The van der Waals surface area contributed by atoms with Crippen molar-refractivity contribution in [3.63, 3.8) is 0 Å². The van der Waals surface area contributed by atoms with Gasteiger partial charge in [0.1, 0.15) is 0 Å². The summed E-state index contributed by atoms with van der Waals surface area (Å²) >= 11 is 3.52. The fraction of sp³-hybridized carbons (Fsp3) is 0.333. The Bertz CT molecular complexity index is 1870. The van der Waals surface area contributed by atoms with Crippen LogP contribution in [0.4, 0.5) is 0 Å². The zero-order valence-electron chi connectivity index (χ0n) is 23.9. The van der Waals surface area contributed by atoms with Crippen molar-refractivity contribution in [1.82, 2.24) is 19.9 Å². The molecule has 0 aliphatic rings. The van der Waals surface area contributed by atoms with E-state index in [-0.39, 0.29) is 5.92 Å². The number of rotatable bonds is 5. The molecule has 0 saturated carbocycles. The molecule has 4 nitrogen and oxygen atoms in total. The van der Waals surface area contributed by atoms with Gasteiger partial charge in [0.2, 0.25) is 0 Å². The Morgan fingerprint density at radius 2 is 1.38 bits per heavy atom. The van der Waals surface area contributed by atoms with Crippen LogP contribution in [0.3, 0.4) is 0 Å². The average molecular weight is 551 g/mol. The Hall–Kier alpha value is -3.22. The van der Waals surface area contributed by atoms with Gasteiger partial charge in [0, 0.05) is 10.4 Å². The summed E-state index contributed by atoms with van der Waals surface area (Å²) in [7, 11) is 0. The van der Waals surface area contributed by atoms with Crippen LogP contribution in [0.2, 0.25) is 0 Å². The molecule has 0 aliphatic carbocycles. The van der Waals surface area contributed by atoms with Crippen molar-refractivity contribution in [3.8, 4) is 22.1 Å². The number of hydrogen-bond acceptors (Lipinski definition) is 6. The molecule has 39 heavy (non-hydrogen) atoms. The number of benzene rings is 2. The van der Waals surface area contributed by atoms with Gasteiger partial charge in [0.05, 0.1) is 36.7 Å². The van der Waals surface area contributed by atoms with Crippen molar-refractivity contribution < 1.29 is 0 Å². The third-order valence-electron chi connectivity index (χ3n) is 7.40. The first kappa shape index (κ1) is 26.0. The molecule has 0 N–H and O–H groups in total. The fourth-order valence-corrected chi connectivity index (χ4v) is 7.76. The summed E-state index contributed by atoms with van der Waals surface area (Å²) in [6.07, 6.45) is 0. The van der Waals surface area contributed by atoms with Crippen LogP contribution < -0.4 is 0 Å². The highest BCUT2D eigenvalue weighted by Gasteiger charge is 2.23. The number of aryl methyl sites for hydroxylation is 2. The highest BCUT2D eigenvalue weighted by molar-refractivity contribution is 7.22. The van der Waals surface area contributed by atoms with E-state index in [1.807, 2.05) is 0 Å². The van der Waals surface area contributed by atoms with E-state index in [2.05, 4.69) is 97.9 Å². The van der Waals surface area contributed by atoms with Crippen molar-refractivity contribution in [2.45, 2.75) is 73.1 Å². The first-order chi connectivity index (χ1) is 18.6. The van der Waals surface area contributed by atoms with Crippen LogP contribution in [0.15, 0.2) is 42.5 Å². The Morgan fingerprint density at radius 1 is 0.667 bits per heavy atom. The number of aromatic nitrogens is 4. The summed E-state index contributed by atoms with van der Waals surface area (Å²) < 4.78 is 2.34. The van der Waals surface area contributed by atoms with Gasteiger partial charge in [0.15, 0.2) is 11.6 Å². The molecular formula is C33H34N4S2. The van der Waals surface area contributed by atoms with Crippen LogP contribution in [0, 0.1) is 13.8 Å². The fourth-order valence-electron chi connectivity index (χ4n) is 5.36. The first-order valence-electron chi connectivity index (χ1n) is 13.7. The van der Waals surface area contributed by atoms with Gasteiger partial charge in [-0.1, -0.05) is 71.9 Å². The van der Waals surface area contributed by atoms with E-state index in [1.165, 1.54) is 25.9 Å². The van der Waals surface area contributed by atoms with Gasteiger partial charge in [-0.15, -0.1) is 22.7 Å². The standard InChI is InChI=1S/C33H34N4S2/c1-16(2)23-11-9-10-21-15-22(12-13-24(21)23)32-35-27(18(5)6)31-28(37-32)20(8)29(39-31)33-34-25-14-19(7)38-30(25)26(36-33)17(3)4/h9-18H,1-8H3. The highest BCUT2D eigenvalue weighted by atomic mass is 32.1. The second kappa shape index (κ2) is 9.76. The molecule has 0 amide bonds. The quantitative estimate of drug-likeness (QED) is 0.214. The summed E-state index contributed by atoms with van der Waals surface area (Å²) in [5.41, 5.74) is 7.80. The maximum absolute atomic E-state index is 5.17. The Morgan fingerprint density at radius 3 is 2.10 bits per heavy atom. The van der Waals surface area contributed by atoms with Crippen LogP contribution in [0.25, 0.3) is 53.3 Å². The number of hydrogen-bond donors (Lipinski definition) is 0. The van der Waals surface area contributed by atoms with Crippen LogP contribution in [-0.4, -0.2) is 19.9 Å². The van der Waals surface area contributed by atoms with Gasteiger partial charge in [-0.2, -0.15) is 0 Å². The summed E-state index contributed by atoms with van der Waals surface area (Å²) in [6, 6.07) is 15.4. The van der Waals surface area contributed by atoms with Crippen molar-refractivity contribution in [1.29, 1.82) is 0 Å². The van der Waals surface area contributed by atoms with Crippen molar-refractivity contribution in [2.24, 2.45) is 0 Å². The monoisotopic (exact) mass is 550 g/mol. The van der Waals surface area contributed by atoms with E-state index in [1.54, 1.807) is 22.7 Å². The minimum Gasteiger partial charge on any atom is -0.231 e. The lowest BCUT2D eigenvalue weighted by atomic mass is 9.95. The largest absolute Gasteiger partial charge is 0.231 e. The molecule has 0 saturated heterocycles. The highest BCUT2D eigenvalue weighted by Crippen LogP contribution is 2.42. The van der Waals surface area contributed by atoms with Crippen molar-refractivity contribution in [2.75, 3.05) is 0 Å². The third kappa shape index (κ3) is 4.44. The molecule has 0 aliphatic heterocycles. The Labute approximate surface area is 238 Å². The van der Waals surface area contributed by atoms with Crippen molar-refractivity contribution >= 4 is 53.9 Å². The second-order valence-corrected chi connectivity index (χ2v) is 13.7. The molecule has 0 bridgehead atoms. The minimum atomic E-state index is 0.266. The Balaban J connectivity index is 1.55. The van der Waals surface area contributed by atoms with Crippen molar-refractivity contribution in [3.05, 3.63) is 69.9 Å². The van der Waals surface area contributed by atoms with Gasteiger partial charge in [0.25, 0.3) is 0 Å². The molecular weight excluding hydrogens is 517 g/mol. The predicted octanol–water partition coefficient (Wildman–Crippen LogP) is 10.2. The number of fused-ring (bicyclic) bond motifs is 3. The molecule has 4 heterocycles. The molecule has 2 aromatic carbocycles. The molecule has 198 valence electrons. The number of nitrogens with zero attached hydrogens (tertiary/aromatic N) is 4. The van der Waals surface area contributed by atoms with Gasteiger partial charge >= 0.3 is 0 Å². The maximum Gasteiger partial charge on any atom is 0.170 e. The molecule has 0 unspecified atom stereocenters. The lowest BCUT2D eigenvalue weighted by Gasteiger charge is -2.12. The molecule has 0 atom stereocenters. The van der Waals surface area contributed by atoms with E-state index in [0.29, 0.717) is 11.8 Å². The van der Waals surface area contributed by atoms with Crippen LogP contribution >= 0.6 is 22.7 Å². The zero-order valence-corrected chi connectivity index (χ0v) is 25.5. The SMILES string of the molecule is Cc1cc2nc(-c3sc4c(C(C)C)nc(-c5ccc6c(C(C)C)cccc6c5)nc4c3C)nc(C(C)C)c2s1. The Kier molecular flexibility index (Phi) is 6.51. The predicted molar refractivity (Wildman–Crippen MR) is 169 cm³/mol. The van der Waals surface area contributed by atoms with E-state index in [4.69, 9.17) is 19.9 Å². The molecule has 0 radical (unpaired) electrons. The second-order valence-electron chi connectivity index (χ2n) is 11.4. The van der Waals surface area contributed by atoms with Crippen LogP contribution in [0.5, 0.6) is 0 Å². The van der Waals surface area contributed by atoms with Gasteiger partial charge in [-0.25, -0.2) is 19.9 Å². The van der Waals surface area contributed by atoms with E-state index < -0.39 is 0 Å².